The molecule has 0 saturated heterocycles. The molecule has 0 radical (unpaired) electrons. The fraction of sp³-hybridized carbons (Fsp3) is 1.00. The lowest BCUT2D eigenvalue weighted by Gasteiger charge is -2.19. The first-order valence-electron chi connectivity index (χ1n) is 7.55. The second kappa shape index (κ2) is 9.27. The van der Waals surface area contributed by atoms with Crippen LogP contribution in [0.4, 0.5) is 0 Å². The van der Waals surface area contributed by atoms with Crippen LogP contribution in [0, 0.1) is 5.92 Å². The smallest absolute Gasteiger partial charge is 0.0633 e. The van der Waals surface area contributed by atoms with Gasteiger partial charge in [-0.1, -0.05) is 52.4 Å². The van der Waals surface area contributed by atoms with Gasteiger partial charge in [-0.2, -0.15) is 11.8 Å². The summed E-state index contributed by atoms with van der Waals surface area (Å²) >= 11 is 2.02. The van der Waals surface area contributed by atoms with Crippen molar-refractivity contribution in [3.05, 3.63) is 0 Å². The van der Waals surface area contributed by atoms with Gasteiger partial charge in [0.2, 0.25) is 0 Å². The van der Waals surface area contributed by atoms with Gasteiger partial charge in [-0.3, -0.25) is 0 Å². The molecule has 0 bridgehead atoms. The molecule has 0 spiro atoms. The maximum Gasteiger partial charge on any atom is 0.0633 e. The summed E-state index contributed by atoms with van der Waals surface area (Å²) in [5.41, 5.74) is 0. The van der Waals surface area contributed by atoms with E-state index in [0.29, 0.717) is 0 Å². The third-order valence-corrected chi connectivity index (χ3v) is 5.50. The predicted octanol–water partition coefficient (Wildman–Crippen LogP) is 4.63. The van der Waals surface area contributed by atoms with Crippen molar-refractivity contribution in [1.82, 2.24) is 0 Å². The number of aliphatic hydroxyl groups excluding tert-OH is 1. The van der Waals surface area contributed by atoms with Gasteiger partial charge in [0.25, 0.3) is 0 Å². The lowest BCUT2D eigenvalue weighted by molar-refractivity contribution is 0.159. The van der Waals surface area contributed by atoms with Crippen LogP contribution >= 0.6 is 11.8 Å². The topological polar surface area (TPSA) is 20.2 Å². The standard InChI is InChI=1S/C15H30OS/c1-3-5-8-13(4-2)11-14(16)12-17-15-9-6-7-10-15/h13-16H,3-12H2,1-2H3. The quantitative estimate of drug-likeness (QED) is 0.650. The first-order chi connectivity index (χ1) is 8.26. The van der Waals surface area contributed by atoms with Gasteiger partial charge in [-0.15, -0.1) is 0 Å². The van der Waals surface area contributed by atoms with Crippen LogP contribution in [0.5, 0.6) is 0 Å². The van der Waals surface area contributed by atoms with Crippen LogP contribution < -0.4 is 0 Å². The van der Waals surface area contributed by atoms with E-state index >= 15 is 0 Å². The second-order valence-electron chi connectivity index (χ2n) is 5.55. The van der Waals surface area contributed by atoms with E-state index in [1.807, 2.05) is 11.8 Å². The minimum absolute atomic E-state index is 0.0672. The molecule has 1 saturated carbocycles. The normalized spacial score (nSPS) is 20.6. The molecule has 0 aromatic carbocycles. The van der Waals surface area contributed by atoms with Gasteiger partial charge in [-0.25, -0.2) is 0 Å². The summed E-state index contributed by atoms with van der Waals surface area (Å²) in [6.07, 6.45) is 11.7. The van der Waals surface area contributed by atoms with Crippen LogP contribution in [0.3, 0.4) is 0 Å². The SMILES string of the molecule is CCCCC(CC)CC(O)CSC1CCCC1. The maximum absolute atomic E-state index is 10.1. The Labute approximate surface area is 112 Å². The third-order valence-electron chi connectivity index (χ3n) is 3.98. The number of hydrogen-bond acceptors (Lipinski definition) is 2. The van der Waals surface area contributed by atoms with Gasteiger partial charge in [0.1, 0.15) is 0 Å². The molecule has 1 rings (SSSR count). The summed E-state index contributed by atoms with van der Waals surface area (Å²) < 4.78 is 0. The van der Waals surface area contributed by atoms with Crippen molar-refractivity contribution >= 4 is 11.8 Å². The van der Waals surface area contributed by atoms with E-state index in [1.54, 1.807) is 0 Å². The predicted molar refractivity (Wildman–Crippen MR) is 78.6 cm³/mol. The monoisotopic (exact) mass is 258 g/mol. The minimum Gasteiger partial charge on any atom is -0.392 e. The summed E-state index contributed by atoms with van der Waals surface area (Å²) in [5.74, 6) is 1.71. The number of aliphatic hydroxyl groups is 1. The van der Waals surface area contributed by atoms with E-state index in [2.05, 4.69) is 13.8 Å². The molecule has 0 heterocycles. The van der Waals surface area contributed by atoms with Gasteiger partial charge in [-0.05, 0) is 25.2 Å². The maximum atomic E-state index is 10.1. The molecule has 102 valence electrons. The zero-order chi connectivity index (χ0) is 12.5. The average molecular weight is 258 g/mol. The van der Waals surface area contributed by atoms with Crippen LogP contribution in [-0.4, -0.2) is 22.2 Å². The molecule has 2 heteroatoms. The first-order valence-corrected chi connectivity index (χ1v) is 8.60. The molecular formula is C15H30OS. The van der Waals surface area contributed by atoms with Crippen LogP contribution in [0.25, 0.3) is 0 Å². The number of hydrogen-bond donors (Lipinski definition) is 1. The van der Waals surface area contributed by atoms with Crippen molar-refractivity contribution in [3.8, 4) is 0 Å². The van der Waals surface area contributed by atoms with Crippen LogP contribution in [0.15, 0.2) is 0 Å². The van der Waals surface area contributed by atoms with E-state index < -0.39 is 0 Å². The Kier molecular flexibility index (Phi) is 8.38. The van der Waals surface area contributed by atoms with Crippen LogP contribution in [-0.2, 0) is 0 Å². The fourth-order valence-electron chi connectivity index (χ4n) is 2.74. The molecule has 0 aromatic heterocycles. The molecule has 0 aromatic rings. The molecule has 0 amide bonds. The van der Waals surface area contributed by atoms with Gasteiger partial charge in [0.05, 0.1) is 6.10 Å². The fourth-order valence-corrected chi connectivity index (χ4v) is 4.03. The van der Waals surface area contributed by atoms with E-state index in [4.69, 9.17) is 0 Å². The molecular weight excluding hydrogens is 228 g/mol. The highest BCUT2D eigenvalue weighted by Crippen LogP contribution is 2.30. The van der Waals surface area contributed by atoms with E-state index in [0.717, 1.165) is 23.3 Å². The molecule has 1 aliphatic carbocycles. The number of thioether (sulfide) groups is 1. The van der Waals surface area contributed by atoms with Crippen molar-refractivity contribution in [1.29, 1.82) is 0 Å². The number of unbranched alkanes of at least 4 members (excludes halogenated alkanes) is 1. The highest BCUT2D eigenvalue weighted by molar-refractivity contribution is 7.99. The molecule has 0 aliphatic heterocycles. The van der Waals surface area contributed by atoms with Gasteiger partial charge < -0.3 is 5.11 Å². The highest BCUT2D eigenvalue weighted by Gasteiger charge is 2.18. The molecule has 17 heavy (non-hydrogen) atoms. The Hall–Kier alpha value is 0.310. The van der Waals surface area contributed by atoms with Crippen LogP contribution in [0.2, 0.25) is 0 Å². The summed E-state index contributed by atoms with van der Waals surface area (Å²) in [4.78, 5) is 0. The Bertz CT molecular complexity index is 178. The molecule has 1 N–H and O–H groups in total. The van der Waals surface area contributed by atoms with Crippen LogP contribution in [0.1, 0.15) is 71.6 Å². The van der Waals surface area contributed by atoms with Gasteiger partial charge in [0, 0.05) is 11.0 Å². The molecule has 2 unspecified atom stereocenters. The summed E-state index contributed by atoms with van der Waals surface area (Å²) in [5, 5.41) is 10.9. The van der Waals surface area contributed by atoms with Crippen molar-refractivity contribution in [2.45, 2.75) is 83.0 Å². The molecule has 1 nitrogen and oxygen atoms in total. The van der Waals surface area contributed by atoms with Gasteiger partial charge in [0.15, 0.2) is 0 Å². The zero-order valence-corrected chi connectivity index (χ0v) is 12.5. The summed E-state index contributed by atoms with van der Waals surface area (Å²) in [6, 6.07) is 0. The van der Waals surface area contributed by atoms with Crippen molar-refractivity contribution in [2.75, 3.05) is 5.75 Å². The second-order valence-corrected chi connectivity index (χ2v) is 6.88. The zero-order valence-electron chi connectivity index (χ0n) is 11.7. The van der Waals surface area contributed by atoms with Crippen molar-refractivity contribution in [2.24, 2.45) is 5.92 Å². The van der Waals surface area contributed by atoms with E-state index in [9.17, 15) is 5.11 Å². The lowest BCUT2D eigenvalue weighted by Crippen LogP contribution is -2.17. The summed E-state index contributed by atoms with van der Waals surface area (Å²) in [6.45, 7) is 4.51. The number of rotatable bonds is 9. The van der Waals surface area contributed by atoms with E-state index in [-0.39, 0.29) is 6.10 Å². The molecule has 2 atom stereocenters. The Morgan fingerprint density at radius 2 is 1.94 bits per heavy atom. The first kappa shape index (κ1) is 15.4. The largest absolute Gasteiger partial charge is 0.392 e. The van der Waals surface area contributed by atoms with Crippen molar-refractivity contribution < 1.29 is 5.11 Å². The Morgan fingerprint density at radius 3 is 2.53 bits per heavy atom. The van der Waals surface area contributed by atoms with E-state index in [1.165, 1.54) is 51.4 Å². The third kappa shape index (κ3) is 6.71. The Balaban J connectivity index is 2.10. The Morgan fingerprint density at radius 1 is 1.24 bits per heavy atom. The van der Waals surface area contributed by atoms with Gasteiger partial charge >= 0.3 is 0 Å². The highest BCUT2D eigenvalue weighted by atomic mass is 32.2. The van der Waals surface area contributed by atoms with Crippen molar-refractivity contribution in [3.63, 3.8) is 0 Å². The molecule has 1 fully saturated rings. The molecule has 1 aliphatic rings. The average Bonchev–Trinajstić information content (AvgIpc) is 2.85. The lowest BCUT2D eigenvalue weighted by atomic mass is 9.94. The minimum atomic E-state index is -0.0672. The summed E-state index contributed by atoms with van der Waals surface area (Å²) in [7, 11) is 0.